The maximum atomic E-state index is 12.0. The number of aliphatic hydroxyl groups is 2. The van der Waals surface area contributed by atoms with Crippen LogP contribution in [0.5, 0.6) is 11.5 Å². The Morgan fingerprint density at radius 3 is 1.83 bits per heavy atom. The molecule has 2 rings (SSSR count). The van der Waals surface area contributed by atoms with Gasteiger partial charge in [0.15, 0.2) is 6.61 Å². The average Bonchev–Trinajstić information content (AvgIpc) is 2.58. The van der Waals surface area contributed by atoms with Crippen LogP contribution in [-0.2, 0) is 26.1 Å². The van der Waals surface area contributed by atoms with E-state index in [2.05, 4.69) is 0 Å². The molecule has 0 radical (unpaired) electrons. The quantitative estimate of drug-likeness (QED) is 0.393. The lowest BCUT2D eigenvalue weighted by Crippen LogP contribution is -2.22. The third-order valence-electron chi connectivity index (χ3n) is 4.02. The Morgan fingerprint density at radius 1 is 0.931 bits per heavy atom. The van der Waals surface area contributed by atoms with Crippen LogP contribution < -0.4 is 9.47 Å². The molecule has 0 spiro atoms. The lowest BCUT2D eigenvalue weighted by Gasteiger charge is -2.24. The number of esters is 1. The summed E-state index contributed by atoms with van der Waals surface area (Å²) in [7, 11) is -4.58. The van der Waals surface area contributed by atoms with Crippen molar-refractivity contribution in [3.05, 3.63) is 53.6 Å². The van der Waals surface area contributed by atoms with E-state index in [1.54, 1.807) is 45.9 Å². The van der Waals surface area contributed by atoms with E-state index in [9.17, 15) is 28.0 Å². The van der Waals surface area contributed by atoms with Gasteiger partial charge in [-0.3, -0.25) is 0 Å². The van der Waals surface area contributed by atoms with Gasteiger partial charge in [0, 0.05) is 0 Å². The molecule has 0 heterocycles. The fourth-order valence-corrected chi connectivity index (χ4v) is 2.84. The minimum Gasteiger partial charge on any atom is -0.744 e. The first-order chi connectivity index (χ1) is 13.2. The molecule has 9 heteroatoms. The van der Waals surface area contributed by atoms with Crippen molar-refractivity contribution in [2.45, 2.75) is 43.8 Å². The van der Waals surface area contributed by atoms with Crippen molar-refractivity contribution in [3.63, 3.8) is 0 Å². The zero-order valence-electron chi connectivity index (χ0n) is 16.5. The van der Waals surface area contributed by atoms with Crippen LogP contribution in [-0.4, -0.2) is 35.8 Å². The maximum Gasteiger partial charge on any atom is 0.349 e. The Hall–Kier alpha value is -2.46. The van der Waals surface area contributed by atoms with Crippen LogP contribution in [0, 0.1) is 0 Å². The summed E-state index contributed by atoms with van der Waals surface area (Å²) in [6.07, 6.45) is 0. The van der Waals surface area contributed by atoms with E-state index in [1.165, 1.54) is 12.1 Å². The SMILES string of the molecule is CC(C)(O)c1cc(OCC(=O)Oc2ccc(S(=O)(=O)[O-])cc2)cc(C(C)(C)O)c1. The fraction of sp³-hybridized carbons (Fsp3) is 0.350. The van der Waals surface area contributed by atoms with E-state index in [4.69, 9.17) is 9.47 Å². The number of hydrogen-bond donors (Lipinski definition) is 2. The van der Waals surface area contributed by atoms with E-state index in [0.29, 0.717) is 11.1 Å². The highest BCUT2D eigenvalue weighted by molar-refractivity contribution is 7.85. The van der Waals surface area contributed by atoms with Gasteiger partial charge in [-0.05, 0) is 81.3 Å². The molecule has 158 valence electrons. The zero-order valence-corrected chi connectivity index (χ0v) is 17.3. The largest absolute Gasteiger partial charge is 0.744 e. The van der Waals surface area contributed by atoms with Gasteiger partial charge in [-0.25, -0.2) is 13.2 Å². The van der Waals surface area contributed by atoms with Crippen molar-refractivity contribution in [1.29, 1.82) is 0 Å². The molecule has 0 saturated heterocycles. The molecule has 8 nitrogen and oxygen atoms in total. The van der Waals surface area contributed by atoms with Gasteiger partial charge < -0.3 is 24.2 Å². The van der Waals surface area contributed by atoms with Gasteiger partial charge >= 0.3 is 5.97 Å². The third kappa shape index (κ3) is 6.53. The Labute approximate surface area is 169 Å². The van der Waals surface area contributed by atoms with Gasteiger partial charge in [-0.2, -0.15) is 0 Å². The first-order valence-electron chi connectivity index (χ1n) is 8.66. The predicted octanol–water partition coefficient (Wildman–Crippen LogP) is 2.03. The molecule has 0 aliphatic rings. The Balaban J connectivity index is 2.11. The highest BCUT2D eigenvalue weighted by Crippen LogP contribution is 2.31. The van der Waals surface area contributed by atoms with Gasteiger partial charge in [-0.15, -0.1) is 0 Å². The van der Waals surface area contributed by atoms with Crippen LogP contribution in [0.25, 0.3) is 0 Å². The van der Waals surface area contributed by atoms with Crippen molar-refractivity contribution < 1.29 is 37.5 Å². The number of rotatable bonds is 7. The van der Waals surface area contributed by atoms with Crippen molar-refractivity contribution in [3.8, 4) is 11.5 Å². The smallest absolute Gasteiger partial charge is 0.349 e. The summed E-state index contributed by atoms with van der Waals surface area (Å²) in [4.78, 5) is 11.6. The first kappa shape index (κ1) is 22.8. The number of carbonyl (C=O) groups is 1. The summed E-state index contributed by atoms with van der Waals surface area (Å²) in [5, 5.41) is 20.5. The fourth-order valence-electron chi connectivity index (χ4n) is 2.37. The summed E-state index contributed by atoms with van der Waals surface area (Å²) < 4.78 is 43.2. The maximum absolute atomic E-state index is 12.0. The van der Waals surface area contributed by atoms with E-state index < -0.39 is 38.8 Å². The Kier molecular flexibility index (Phi) is 6.39. The van der Waals surface area contributed by atoms with Gasteiger partial charge in [0.25, 0.3) is 0 Å². The van der Waals surface area contributed by atoms with Crippen LogP contribution in [0.3, 0.4) is 0 Å². The average molecular weight is 423 g/mol. The molecule has 29 heavy (non-hydrogen) atoms. The van der Waals surface area contributed by atoms with Crippen LogP contribution in [0.15, 0.2) is 47.4 Å². The summed E-state index contributed by atoms with van der Waals surface area (Å²) in [6, 6.07) is 9.19. The summed E-state index contributed by atoms with van der Waals surface area (Å²) >= 11 is 0. The monoisotopic (exact) mass is 423 g/mol. The normalized spacial score (nSPS) is 12.5. The van der Waals surface area contributed by atoms with Crippen molar-refractivity contribution in [1.82, 2.24) is 0 Å². The molecule has 0 aromatic heterocycles. The second-order valence-corrected chi connectivity index (χ2v) is 8.93. The molecule has 0 aliphatic carbocycles. The standard InChI is InChI=1S/C20H24O8S/c1-19(2,22)13-9-14(20(3,4)23)11-16(10-13)27-12-18(21)28-15-5-7-17(8-6-15)29(24,25)26/h5-11,22-23H,12H2,1-4H3,(H,24,25,26)/p-1. The highest BCUT2D eigenvalue weighted by atomic mass is 32.2. The Bertz CT molecular complexity index is 948. The number of benzene rings is 2. The Morgan fingerprint density at radius 2 is 1.41 bits per heavy atom. The lowest BCUT2D eigenvalue weighted by atomic mass is 9.90. The summed E-state index contributed by atoms with van der Waals surface area (Å²) in [5.41, 5.74) is -1.39. The molecular weight excluding hydrogens is 400 g/mol. The van der Waals surface area contributed by atoms with Crippen LogP contribution in [0.4, 0.5) is 0 Å². The van der Waals surface area contributed by atoms with Crippen LogP contribution in [0.2, 0.25) is 0 Å². The summed E-state index contributed by atoms with van der Waals surface area (Å²) in [6.45, 7) is 5.86. The molecule has 0 saturated carbocycles. The minimum absolute atomic E-state index is 0.0495. The van der Waals surface area contributed by atoms with E-state index in [0.717, 1.165) is 12.1 Å². The van der Waals surface area contributed by atoms with E-state index in [1.807, 2.05) is 0 Å². The second-order valence-electron chi connectivity index (χ2n) is 7.55. The first-order valence-corrected chi connectivity index (χ1v) is 10.1. The molecule has 2 N–H and O–H groups in total. The predicted molar refractivity (Wildman–Crippen MR) is 102 cm³/mol. The second kappa shape index (κ2) is 8.11. The van der Waals surface area contributed by atoms with E-state index >= 15 is 0 Å². The van der Waals surface area contributed by atoms with Crippen molar-refractivity contribution in [2.75, 3.05) is 6.61 Å². The van der Waals surface area contributed by atoms with Gasteiger partial charge in [0.2, 0.25) is 0 Å². The van der Waals surface area contributed by atoms with Crippen LogP contribution >= 0.6 is 0 Å². The molecule has 0 amide bonds. The molecule has 0 unspecified atom stereocenters. The molecule has 2 aromatic carbocycles. The summed E-state index contributed by atoms with van der Waals surface area (Å²) in [5.74, 6) is -0.457. The molecule has 2 aromatic rings. The highest BCUT2D eigenvalue weighted by Gasteiger charge is 2.23. The molecule has 0 fully saturated rings. The molecule has 0 atom stereocenters. The number of carbonyl (C=O) groups excluding carboxylic acids is 1. The molecule has 0 aliphatic heterocycles. The third-order valence-corrected chi connectivity index (χ3v) is 4.87. The minimum atomic E-state index is -4.58. The van der Waals surface area contributed by atoms with Gasteiger partial charge in [-0.1, -0.05) is 0 Å². The number of ether oxygens (including phenoxy) is 2. The van der Waals surface area contributed by atoms with Gasteiger partial charge in [0.1, 0.15) is 21.6 Å². The zero-order chi connectivity index (χ0) is 22.0. The molecular formula is C20H23O8S-. The molecule has 0 bridgehead atoms. The van der Waals surface area contributed by atoms with Crippen LogP contribution in [0.1, 0.15) is 38.8 Å². The number of hydrogen-bond acceptors (Lipinski definition) is 8. The van der Waals surface area contributed by atoms with Crippen molar-refractivity contribution >= 4 is 16.1 Å². The van der Waals surface area contributed by atoms with E-state index in [-0.39, 0.29) is 11.5 Å². The lowest BCUT2D eigenvalue weighted by molar-refractivity contribution is -0.136. The van der Waals surface area contributed by atoms with Gasteiger partial charge in [0.05, 0.1) is 16.1 Å². The topological polar surface area (TPSA) is 133 Å². The van der Waals surface area contributed by atoms with Crippen molar-refractivity contribution in [2.24, 2.45) is 0 Å².